The molecule has 0 saturated carbocycles. The normalized spacial score (nSPS) is 12.0. The molecule has 0 aliphatic rings. The van der Waals surface area contributed by atoms with Crippen LogP contribution in [0.15, 0.2) is 29.4 Å². The Morgan fingerprint density at radius 1 is 1.44 bits per heavy atom. The van der Waals surface area contributed by atoms with Crippen molar-refractivity contribution in [3.8, 4) is 5.75 Å². The number of fused-ring (bicyclic) bond motifs is 1. The third kappa shape index (κ3) is 1.48. The molecule has 4 nitrogen and oxygen atoms in total. The molecular formula is C12H13N3O. The van der Waals surface area contributed by atoms with Gasteiger partial charge in [0.25, 0.3) is 0 Å². The summed E-state index contributed by atoms with van der Waals surface area (Å²) in [5.74, 6) is 0.0682. The van der Waals surface area contributed by atoms with Gasteiger partial charge in [0.05, 0.1) is 0 Å². The molecular weight excluding hydrogens is 202 g/mol. The second kappa shape index (κ2) is 3.81. The van der Waals surface area contributed by atoms with E-state index in [0.717, 1.165) is 16.6 Å². The van der Waals surface area contributed by atoms with Gasteiger partial charge in [0, 0.05) is 18.1 Å². The average Bonchev–Trinajstić information content (AvgIpc) is 2.33. The zero-order chi connectivity index (χ0) is 12.4. The van der Waals surface area contributed by atoms with Crippen LogP contribution in [0.25, 0.3) is 10.8 Å². The molecule has 16 heavy (non-hydrogen) atoms. The molecule has 82 valence electrons. The van der Waals surface area contributed by atoms with Crippen molar-refractivity contribution in [2.24, 2.45) is 5.11 Å². The number of rotatable bonds is 2. The number of phenolic OH excluding ortho intramolecular Hbond substituents is 1. The standard InChI is InChI=1S/C12H13N3O/c1-7-5-8-6-9(14-2)3-4-10(8)12(16)11(7)15-13/h3-6,13-14,16H,1-2H3/i/hD. The van der Waals surface area contributed by atoms with Crippen molar-refractivity contribution in [2.45, 2.75) is 6.92 Å². The number of nitrogens with zero attached hydrogens (tertiary/aromatic N) is 1. The molecule has 3 N–H and O–H groups in total. The predicted molar refractivity (Wildman–Crippen MR) is 64.7 cm³/mol. The lowest BCUT2D eigenvalue weighted by atomic mass is 10.0. The van der Waals surface area contributed by atoms with E-state index < -0.39 is 0 Å². The Morgan fingerprint density at radius 2 is 2.25 bits per heavy atom. The number of aryl methyl sites for hydroxylation is 1. The number of nitrogens with one attached hydrogen (secondary N) is 2. The van der Waals surface area contributed by atoms with Crippen LogP contribution >= 0.6 is 0 Å². The van der Waals surface area contributed by atoms with Crippen molar-refractivity contribution >= 4 is 22.1 Å². The van der Waals surface area contributed by atoms with Crippen molar-refractivity contribution in [3.63, 3.8) is 0 Å². The van der Waals surface area contributed by atoms with Gasteiger partial charge in [-0.2, -0.15) is 5.11 Å². The molecule has 0 bridgehead atoms. The summed E-state index contributed by atoms with van der Waals surface area (Å²) in [6.45, 7) is 1.83. The van der Waals surface area contributed by atoms with Gasteiger partial charge in [-0.3, -0.25) is 0 Å². The van der Waals surface area contributed by atoms with Crippen LogP contribution in [0.2, 0.25) is 1.41 Å². The molecule has 0 saturated heterocycles. The first-order valence-electron chi connectivity index (χ1n) is 5.41. The van der Waals surface area contributed by atoms with Crippen LogP contribution in [-0.4, -0.2) is 12.2 Å². The van der Waals surface area contributed by atoms with Crippen molar-refractivity contribution in [1.82, 2.24) is 0 Å². The van der Waals surface area contributed by atoms with Crippen LogP contribution in [0.4, 0.5) is 11.4 Å². The molecule has 0 aromatic heterocycles. The topological polar surface area (TPSA) is 68.5 Å². The quantitative estimate of drug-likeness (QED) is 0.672. The number of anilines is 1. The summed E-state index contributed by atoms with van der Waals surface area (Å²) in [5, 5.41) is 18.4. The van der Waals surface area contributed by atoms with Crippen LogP contribution in [0.1, 0.15) is 5.56 Å². The smallest absolute Gasteiger partial charge is 0.214 e. The van der Waals surface area contributed by atoms with E-state index in [1.54, 1.807) is 0 Å². The van der Waals surface area contributed by atoms with Crippen LogP contribution in [-0.2, 0) is 0 Å². The maximum Gasteiger partial charge on any atom is 0.214 e. The van der Waals surface area contributed by atoms with E-state index in [1.807, 2.05) is 38.2 Å². The highest BCUT2D eigenvalue weighted by atomic mass is 16.3. The Kier molecular flexibility index (Phi) is 2.18. The van der Waals surface area contributed by atoms with E-state index in [1.165, 1.54) is 0 Å². The molecule has 0 fully saturated rings. The maximum absolute atomic E-state index is 10.1. The van der Waals surface area contributed by atoms with E-state index in [4.69, 9.17) is 1.41 Å². The minimum absolute atomic E-state index is 0.0682. The van der Waals surface area contributed by atoms with Gasteiger partial charge in [-0.15, -0.1) is 0 Å². The minimum Gasteiger partial charge on any atom is -0.505 e. The summed E-state index contributed by atoms with van der Waals surface area (Å²) >= 11 is 0. The molecule has 4 heteroatoms. The van der Waals surface area contributed by atoms with E-state index >= 15 is 0 Å². The summed E-state index contributed by atoms with van der Waals surface area (Å²) < 4.78 is 6.74. The van der Waals surface area contributed by atoms with Gasteiger partial charge in [0.15, 0.2) is 5.75 Å². The van der Waals surface area contributed by atoms with Gasteiger partial charge in [0.1, 0.15) is 5.69 Å². The third-order valence-corrected chi connectivity index (χ3v) is 2.67. The highest BCUT2D eigenvalue weighted by Crippen LogP contribution is 2.38. The summed E-state index contributed by atoms with van der Waals surface area (Å²) in [5.41, 5.74) is 5.09. The van der Waals surface area contributed by atoms with Crippen molar-refractivity contribution in [2.75, 3.05) is 12.4 Å². The first kappa shape index (κ1) is 9.15. The monoisotopic (exact) mass is 216 g/mol. The molecule has 0 aliphatic carbocycles. The fourth-order valence-electron chi connectivity index (χ4n) is 1.80. The Bertz CT molecular complexity index is 596. The molecule has 0 spiro atoms. The highest BCUT2D eigenvalue weighted by Gasteiger charge is 2.09. The summed E-state index contributed by atoms with van der Waals surface area (Å²) in [6.07, 6.45) is 0. The lowest BCUT2D eigenvalue weighted by molar-refractivity contribution is 0.482. The van der Waals surface area contributed by atoms with Crippen molar-refractivity contribution < 1.29 is 6.52 Å². The highest BCUT2D eigenvalue weighted by molar-refractivity contribution is 5.95. The number of hydrogen-bond acceptors (Lipinski definition) is 4. The molecule has 0 heterocycles. The Morgan fingerprint density at radius 3 is 2.94 bits per heavy atom. The Hall–Kier alpha value is -2.10. The fourth-order valence-corrected chi connectivity index (χ4v) is 1.80. The summed E-state index contributed by atoms with van der Waals surface area (Å²) in [6, 6.07) is 7.56. The molecule has 2 aromatic carbocycles. The molecule has 2 aromatic rings. The second-order valence-electron chi connectivity index (χ2n) is 3.68. The van der Waals surface area contributed by atoms with Gasteiger partial charge in [0.2, 0.25) is 1.41 Å². The molecule has 2 rings (SSSR count). The SMILES string of the molecule is [2H]N=Nc1c(C)cc2cc(NC)ccc2c1O. The zero-order valence-corrected chi connectivity index (χ0v) is 9.15. The first-order valence-corrected chi connectivity index (χ1v) is 4.96. The zero-order valence-electron chi connectivity index (χ0n) is 10.2. The molecule has 0 unspecified atom stereocenters. The summed E-state index contributed by atoms with van der Waals surface area (Å²) in [7, 11) is 1.84. The number of phenols is 1. The molecule has 0 atom stereocenters. The number of benzene rings is 2. The van der Waals surface area contributed by atoms with Gasteiger partial charge < -0.3 is 10.4 Å². The van der Waals surface area contributed by atoms with E-state index in [9.17, 15) is 5.11 Å². The largest absolute Gasteiger partial charge is 0.505 e. The fraction of sp³-hybridized carbons (Fsp3) is 0.167. The van der Waals surface area contributed by atoms with Crippen molar-refractivity contribution in [1.29, 1.82) is 5.52 Å². The van der Waals surface area contributed by atoms with E-state index in [-0.39, 0.29) is 5.75 Å². The van der Waals surface area contributed by atoms with E-state index in [2.05, 4.69) is 16.0 Å². The third-order valence-electron chi connectivity index (χ3n) is 2.67. The molecule has 0 radical (unpaired) electrons. The maximum atomic E-state index is 10.1. The summed E-state index contributed by atoms with van der Waals surface area (Å²) in [4.78, 5) is 0. The lowest BCUT2D eigenvalue weighted by Crippen LogP contribution is -1.88. The lowest BCUT2D eigenvalue weighted by Gasteiger charge is -2.08. The van der Waals surface area contributed by atoms with Crippen LogP contribution in [0.5, 0.6) is 5.75 Å². The average molecular weight is 216 g/mol. The second-order valence-corrected chi connectivity index (χ2v) is 3.68. The number of aromatic hydroxyl groups is 1. The van der Waals surface area contributed by atoms with Gasteiger partial charge >= 0.3 is 0 Å². The minimum atomic E-state index is 0.0682. The first-order chi connectivity index (χ1) is 8.17. The van der Waals surface area contributed by atoms with Gasteiger partial charge in [-0.05, 0) is 42.1 Å². The van der Waals surface area contributed by atoms with E-state index in [0.29, 0.717) is 11.1 Å². The predicted octanol–water partition coefficient (Wildman–Crippen LogP) is 3.56. The number of hydrogen-bond donors (Lipinski definition) is 3. The Balaban J connectivity index is 2.76. The molecule has 0 aliphatic heterocycles. The molecule has 0 amide bonds. The Labute approximate surface area is 94.9 Å². The van der Waals surface area contributed by atoms with Gasteiger partial charge in [-0.25, -0.2) is 5.52 Å². The van der Waals surface area contributed by atoms with Gasteiger partial charge in [-0.1, -0.05) is 0 Å². The van der Waals surface area contributed by atoms with Crippen LogP contribution in [0.3, 0.4) is 0 Å². The van der Waals surface area contributed by atoms with Crippen LogP contribution in [0, 0.1) is 12.4 Å². The van der Waals surface area contributed by atoms with Crippen molar-refractivity contribution in [3.05, 3.63) is 29.8 Å². The van der Waals surface area contributed by atoms with Crippen LogP contribution < -0.4 is 5.32 Å².